The molecule has 3 aromatic carbocycles. The Morgan fingerprint density at radius 2 is 1.05 bits per heavy atom. The molecule has 110 valence electrons. The Morgan fingerprint density at radius 1 is 0.591 bits per heavy atom. The molecule has 0 aliphatic carbocycles. The summed E-state index contributed by atoms with van der Waals surface area (Å²) < 4.78 is 29.2. The summed E-state index contributed by atoms with van der Waals surface area (Å²) in [7, 11) is 0. The van der Waals surface area contributed by atoms with Gasteiger partial charge in [-0.15, -0.1) is 10.9 Å². The first-order chi connectivity index (χ1) is 10.6. The molecule has 0 nitrogen and oxygen atoms in total. The zero-order chi connectivity index (χ0) is 15.6. The lowest BCUT2D eigenvalue weighted by molar-refractivity contribution is 0.654. The highest BCUT2D eigenvalue weighted by Gasteiger charge is 2.27. The largest absolute Gasteiger partial charge is 0.469 e. The van der Waals surface area contributed by atoms with Gasteiger partial charge >= 0.3 is 6.70 Å². The van der Waals surface area contributed by atoms with Gasteiger partial charge in [-0.1, -0.05) is 84.4 Å². The fourth-order valence-corrected chi connectivity index (χ4v) is 2.55. The van der Waals surface area contributed by atoms with E-state index >= 15 is 0 Å². The van der Waals surface area contributed by atoms with Crippen molar-refractivity contribution in [1.29, 1.82) is 0 Å². The molecule has 0 atom stereocenters. The quantitative estimate of drug-likeness (QED) is 0.636. The second-order valence-electron chi connectivity index (χ2n) is 5.56. The Balaban J connectivity index is 1.93. The zero-order valence-corrected chi connectivity index (χ0v) is 12.3. The zero-order valence-electron chi connectivity index (χ0n) is 12.3. The number of hydrogen-bond acceptors (Lipinski definition) is 0. The molecule has 0 unspecified atom stereocenters. The minimum Gasteiger partial charge on any atom is -0.469 e. The molecule has 3 aromatic rings. The maximum atomic E-state index is 14.6. The van der Waals surface area contributed by atoms with Crippen LogP contribution < -0.4 is 10.9 Å². The highest BCUT2D eigenvalue weighted by molar-refractivity contribution is 6.91. The van der Waals surface area contributed by atoms with Crippen molar-refractivity contribution < 1.29 is 8.63 Å². The van der Waals surface area contributed by atoms with E-state index in [4.69, 9.17) is 0 Å². The van der Waals surface area contributed by atoms with Gasteiger partial charge in [0.1, 0.15) is 0 Å². The van der Waals surface area contributed by atoms with Crippen molar-refractivity contribution in [3.05, 3.63) is 84.4 Å². The van der Waals surface area contributed by atoms with Gasteiger partial charge in [-0.05, 0) is 18.1 Å². The highest BCUT2D eigenvalue weighted by atomic mass is 19.2. The molecular weight excluding hydrogens is 277 g/mol. The summed E-state index contributed by atoms with van der Waals surface area (Å²) in [5, 5.41) is 0. The molecule has 0 amide bonds. The second kappa shape index (κ2) is 5.76. The average Bonchev–Trinajstić information content (AvgIpc) is 2.56. The van der Waals surface area contributed by atoms with Crippen LogP contribution in [0.4, 0.5) is 8.63 Å². The van der Waals surface area contributed by atoms with Crippen molar-refractivity contribution in [2.75, 3.05) is 0 Å². The lowest BCUT2D eigenvalue weighted by Crippen LogP contribution is -2.50. The number of hydrogen-bond donors (Lipinski definition) is 0. The summed E-state index contributed by atoms with van der Waals surface area (Å²) in [5.74, 6) is 0. The number of rotatable bonds is 3. The van der Waals surface area contributed by atoms with E-state index in [0.717, 1.165) is 16.7 Å². The lowest BCUT2D eigenvalue weighted by Gasteiger charge is -2.26. The van der Waals surface area contributed by atoms with Gasteiger partial charge in [-0.3, -0.25) is 0 Å². The van der Waals surface area contributed by atoms with Crippen molar-refractivity contribution in [2.24, 2.45) is 0 Å². The summed E-state index contributed by atoms with van der Waals surface area (Å²) >= 11 is 0. The Kier molecular flexibility index (Phi) is 3.80. The molecule has 0 bridgehead atoms. The van der Waals surface area contributed by atoms with E-state index in [-0.39, 0.29) is 10.9 Å². The molecule has 0 radical (unpaired) electrons. The topological polar surface area (TPSA) is 0 Å². The minimum absolute atomic E-state index is 0.0727. The third-order valence-corrected chi connectivity index (χ3v) is 3.93. The maximum Gasteiger partial charge on any atom is 0.361 e. The van der Waals surface area contributed by atoms with Crippen LogP contribution in [0.5, 0.6) is 0 Å². The second-order valence-corrected chi connectivity index (χ2v) is 5.56. The molecule has 0 heterocycles. The third-order valence-electron chi connectivity index (χ3n) is 3.93. The Labute approximate surface area is 129 Å². The first kappa shape index (κ1) is 14.5. The first-order valence-electron chi connectivity index (χ1n) is 7.32. The van der Waals surface area contributed by atoms with E-state index in [2.05, 4.69) is 0 Å². The van der Waals surface area contributed by atoms with E-state index in [1.54, 1.807) is 24.3 Å². The Hall–Kier alpha value is -2.42. The van der Waals surface area contributed by atoms with Gasteiger partial charge in [-0.25, -0.2) is 0 Å². The molecule has 0 spiro atoms. The van der Waals surface area contributed by atoms with Crippen molar-refractivity contribution >= 4 is 17.6 Å². The van der Waals surface area contributed by atoms with Crippen LogP contribution >= 0.6 is 0 Å². The fraction of sp³-hybridized carbons (Fsp3) is 0.0526. The standard InChI is InChI=1S/C19H16BF2/c1-15-7-11-18(12-8-15)20(21,22)19-13-9-17(10-14-19)16-5-3-2-4-6-16/h2-14H,1H3/q-1. The summed E-state index contributed by atoms with van der Waals surface area (Å²) in [6.07, 6.45) is 0. The summed E-state index contributed by atoms with van der Waals surface area (Å²) in [5.41, 5.74) is 3.11. The highest BCUT2D eigenvalue weighted by Crippen LogP contribution is 2.19. The molecule has 22 heavy (non-hydrogen) atoms. The van der Waals surface area contributed by atoms with E-state index in [9.17, 15) is 8.63 Å². The van der Waals surface area contributed by atoms with Crippen molar-refractivity contribution in [3.8, 4) is 11.1 Å². The van der Waals surface area contributed by atoms with Gasteiger partial charge in [0.05, 0.1) is 0 Å². The van der Waals surface area contributed by atoms with Gasteiger partial charge in [-0.2, -0.15) is 0 Å². The Morgan fingerprint density at radius 3 is 1.59 bits per heavy atom. The van der Waals surface area contributed by atoms with Crippen LogP contribution in [0.2, 0.25) is 0 Å². The molecule has 3 heteroatoms. The SMILES string of the molecule is Cc1ccc([B-](F)(F)c2ccc(-c3ccccc3)cc2)cc1. The molecule has 0 N–H and O–H groups in total. The molecule has 0 saturated carbocycles. The summed E-state index contributed by atoms with van der Waals surface area (Å²) in [6, 6.07) is 22.8. The minimum atomic E-state index is -3.71. The van der Waals surface area contributed by atoms with Crippen LogP contribution in [0.1, 0.15) is 5.56 Å². The molecule has 3 rings (SSSR count). The first-order valence-corrected chi connectivity index (χ1v) is 7.32. The lowest BCUT2D eigenvalue weighted by atomic mass is 9.53. The van der Waals surface area contributed by atoms with E-state index < -0.39 is 6.70 Å². The van der Waals surface area contributed by atoms with E-state index in [1.165, 1.54) is 24.3 Å². The summed E-state index contributed by atoms with van der Waals surface area (Å²) in [6.45, 7) is -1.82. The van der Waals surface area contributed by atoms with Gasteiger partial charge in [0, 0.05) is 0 Å². The smallest absolute Gasteiger partial charge is 0.361 e. The van der Waals surface area contributed by atoms with Crippen LogP contribution in [0, 0.1) is 6.92 Å². The Bertz CT molecular complexity index is 748. The van der Waals surface area contributed by atoms with Gasteiger partial charge in [0.25, 0.3) is 0 Å². The number of aryl methyl sites for hydroxylation is 1. The van der Waals surface area contributed by atoms with Crippen molar-refractivity contribution in [3.63, 3.8) is 0 Å². The monoisotopic (exact) mass is 293 g/mol. The van der Waals surface area contributed by atoms with Crippen molar-refractivity contribution in [1.82, 2.24) is 0 Å². The maximum absolute atomic E-state index is 14.6. The molecule has 0 aromatic heterocycles. The third kappa shape index (κ3) is 2.80. The van der Waals surface area contributed by atoms with Crippen molar-refractivity contribution in [2.45, 2.75) is 6.92 Å². The van der Waals surface area contributed by atoms with E-state index in [1.807, 2.05) is 37.3 Å². The van der Waals surface area contributed by atoms with E-state index in [0.29, 0.717) is 0 Å². The van der Waals surface area contributed by atoms with Gasteiger partial charge in [0.2, 0.25) is 0 Å². The van der Waals surface area contributed by atoms with Gasteiger partial charge in [0.15, 0.2) is 0 Å². The van der Waals surface area contributed by atoms with Crippen LogP contribution in [-0.2, 0) is 0 Å². The average molecular weight is 293 g/mol. The van der Waals surface area contributed by atoms with Gasteiger partial charge < -0.3 is 8.63 Å². The summed E-state index contributed by atoms with van der Waals surface area (Å²) in [4.78, 5) is 0. The molecule has 0 aliphatic heterocycles. The predicted molar refractivity (Wildman–Crippen MR) is 90.3 cm³/mol. The molecular formula is C19H16BF2-. The number of halogens is 2. The van der Waals surface area contributed by atoms with Crippen LogP contribution in [0.25, 0.3) is 11.1 Å². The van der Waals surface area contributed by atoms with Crippen LogP contribution in [0.3, 0.4) is 0 Å². The predicted octanol–water partition coefficient (Wildman–Crippen LogP) is 4.16. The van der Waals surface area contributed by atoms with Crippen LogP contribution in [-0.4, -0.2) is 6.70 Å². The number of benzene rings is 3. The molecule has 0 saturated heterocycles. The molecule has 0 fully saturated rings. The molecule has 0 aliphatic rings. The fourth-order valence-electron chi connectivity index (χ4n) is 2.55. The van der Waals surface area contributed by atoms with Crippen LogP contribution in [0.15, 0.2) is 78.9 Å². The normalized spacial score (nSPS) is 11.4.